The number of aryl methyl sites for hydroxylation is 2. The van der Waals surface area contributed by atoms with Crippen LogP contribution in [-0.2, 0) is 0 Å². The van der Waals surface area contributed by atoms with Crippen molar-refractivity contribution in [3.05, 3.63) is 47.0 Å². The highest BCUT2D eigenvalue weighted by Crippen LogP contribution is 2.31. The number of Topliss-reactive ketones (excluding diaryl/α,β-unsaturated/α-hetero) is 1. The van der Waals surface area contributed by atoms with E-state index >= 15 is 0 Å². The number of nitrogens with zero attached hydrogens (tertiary/aromatic N) is 1. The molecule has 2 aromatic carbocycles. The summed E-state index contributed by atoms with van der Waals surface area (Å²) < 4.78 is 12.1. The van der Waals surface area contributed by atoms with Crippen LogP contribution in [0.25, 0.3) is 10.2 Å². The number of ketones is 1. The molecule has 0 spiro atoms. The number of fused-ring (bicyclic) bond motifs is 2. The third kappa shape index (κ3) is 3.17. The fourth-order valence-corrected chi connectivity index (χ4v) is 3.96. The average molecular weight is 354 g/mol. The van der Waals surface area contributed by atoms with Crippen LogP contribution in [0.3, 0.4) is 0 Å². The summed E-state index contributed by atoms with van der Waals surface area (Å²) in [6.45, 7) is 5.37. The highest BCUT2D eigenvalue weighted by atomic mass is 32.1. The SMILES string of the molecule is Cc1cc(C)c2nc(NCC(=O)c3ccc4c(c3)OCCO4)sc2c1. The van der Waals surface area contributed by atoms with Crippen molar-refractivity contribution < 1.29 is 14.3 Å². The molecule has 0 bridgehead atoms. The number of carbonyl (C=O) groups excluding carboxylic acids is 1. The summed E-state index contributed by atoms with van der Waals surface area (Å²) in [6, 6.07) is 9.53. The summed E-state index contributed by atoms with van der Waals surface area (Å²) in [5.74, 6) is 1.31. The molecule has 0 saturated heterocycles. The zero-order valence-corrected chi connectivity index (χ0v) is 14.9. The number of hydrogen-bond donors (Lipinski definition) is 1. The first-order chi connectivity index (χ1) is 12.1. The first-order valence-corrected chi connectivity index (χ1v) is 8.96. The normalized spacial score (nSPS) is 13.0. The van der Waals surface area contributed by atoms with Gasteiger partial charge in [0.1, 0.15) is 13.2 Å². The molecular weight excluding hydrogens is 336 g/mol. The van der Waals surface area contributed by atoms with E-state index in [0.717, 1.165) is 20.9 Å². The van der Waals surface area contributed by atoms with Gasteiger partial charge >= 0.3 is 0 Å². The smallest absolute Gasteiger partial charge is 0.184 e. The maximum atomic E-state index is 12.5. The zero-order chi connectivity index (χ0) is 17.4. The maximum Gasteiger partial charge on any atom is 0.184 e. The third-order valence-corrected chi connectivity index (χ3v) is 5.05. The highest BCUT2D eigenvalue weighted by Gasteiger charge is 2.15. The van der Waals surface area contributed by atoms with Crippen molar-refractivity contribution in [3.8, 4) is 11.5 Å². The van der Waals surface area contributed by atoms with Gasteiger partial charge in [0.2, 0.25) is 0 Å². The van der Waals surface area contributed by atoms with Crippen molar-refractivity contribution >= 4 is 32.5 Å². The van der Waals surface area contributed by atoms with Crippen LogP contribution < -0.4 is 14.8 Å². The predicted octanol–water partition coefficient (Wildman–Crippen LogP) is 3.98. The molecule has 0 atom stereocenters. The summed E-state index contributed by atoms with van der Waals surface area (Å²) in [7, 11) is 0. The standard InChI is InChI=1S/C19H18N2O3S/c1-11-7-12(2)18-17(8-11)25-19(21-18)20-10-14(22)13-3-4-15-16(9-13)24-6-5-23-15/h3-4,7-9H,5-6,10H2,1-2H3,(H,20,21). The molecule has 0 unspecified atom stereocenters. The lowest BCUT2D eigenvalue weighted by atomic mass is 10.1. The molecule has 3 aromatic rings. The number of aromatic nitrogens is 1. The number of thiazole rings is 1. The zero-order valence-electron chi connectivity index (χ0n) is 14.1. The summed E-state index contributed by atoms with van der Waals surface area (Å²) in [6.07, 6.45) is 0. The quantitative estimate of drug-likeness (QED) is 0.718. The Kier molecular flexibility index (Phi) is 4.05. The number of benzene rings is 2. The van der Waals surface area contributed by atoms with Crippen molar-refractivity contribution in [1.82, 2.24) is 4.98 Å². The molecule has 0 amide bonds. The topological polar surface area (TPSA) is 60.5 Å². The number of hydrogen-bond acceptors (Lipinski definition) is 6. The molecule has 128 valence electrons. The number of carbonyl (C=O) groups is 1. The van der Waals surface area contributed by atoms with E-state index in [9.17, 15) is 4.79 Å². The van der Waals surface area contributed by atoms with Gasteiger partial charge in [-0.15, -0.1) is 0 Å². The summed E-state index contributed by atoms with van der Waals surface area (Å²) in [5.41, 5.74) is 3.96. The predicted molar refractivity (Wildman–Crippen MR) is 99.3 cm³/mol. The molecule has 25 heavy (non-hydrogen) atoms. The van der Waals surface area contributed by atoms with Crippen LogP contribution in [0.2, 0.25) is 0 Å². The fraction of sp³-hybridized carbons (Fsp3) is 0.263. The van der Waals surface area contributed by atoms with Crippen molar-refractivity contribution in [2.75, 3.05) is 25.1 Å². The van der Waals surface area contributed by atoms with Crippen LogP contribution in [0.1, 0.15) is 21.5 Å². The van der Waals surface area contributed by atoms with Crippen LogP contribution in [0.4, 0.5) is 5.13 Å². The van der Waals surface area contributed by atoms with Crippen LogP contribution in [0, 0.1) is 13.8 Å². The average Bonchev–Trinajstić information content (AvgIpc) is 3.02. The highest BCUT2D eigenvalue weighted by molar-refractivity contribution is 7.22. The van der Waals surface area contributed by atoms with Crippen molar-refractivity contribution in [2.24, 2.45) is 0 Å². The second kappa shape index (κ2) is 6.37. The van der Waals surface area contributed by atoms with Crippen LogP contribution in [-0.4, -0.2) is 30.5 Å². The van der Waals surface area contributed by atoms with Crippen LogP contribution in [0.5, 0.6) is 11.5 Å². The van der Waals surface area contributed by atoms with E-state index in [4.69, 9.17) is 9.47 Å². The largest absolute Gasteiger partial charge is 0.486 e. The second-order valence-corrected chi connectivity index (χ2v) is 7.11. The number of ether oxygens (including phenoxy) is 2. The Morgan fingerprint density at radius 3 is 2.80 bits per heavy atom. The third-order valence-electron chi connectivity index (χ3n) is 4.09. The maximum absolute atomic E-state index is 12.5. The summed E-state index contributed by atoms with van der Waals surface area (Å²) >= 11 is 1.57. The van der Waals surface area contributed by atoms with Gasteiger partial charge < -0.3 is 14.8 Å². The molecule has 5 nitrogen and oxygen atoms in total. The van der Waals surface area contributed by atoms with Crippen molar-refractivity contribution in [1.29, 1.82) is 0 Å². The Hall–Kier alpha value is -2.60. The molecule has 0 radical (unpaired) electrons. The lowest BCUT2D eigenvalue weighted by Crippen LogP contribution is -2.17. The van der Waals surface area contributed by atoms with Gasteiger partial charge in [-0.3, -0.25) is 4.79 Å². The molecule has 0 fully saturated rings. The van der Waals surface area contributed by atoms with Crippen LogP contribution >= 0.6 is 11.3 Å². The molecule has 1 aromatic heterocycles. The van der Waals surface area contributed by atoms with E-state index in [2.05, 4.69) is 36.3 Å². The Balaban J connectivity index is 1.49. The minimum atomic E-state index is -0.0101. The molecule has 0 saturated carbocycles. The Labute approximate surface area is 149 Å². The minimum absolute atomic E-state index is 0.0101. The van der Waals surface area contributed by atoms with Gasteiger partial charge in [-0.05, 0) is 49.2 Å². The second-order valence-electron chi connectivity index (χ2n) is 6.08. The molecule has 4 rings (SSSR count). The van der Waals surface area contributed by atoms with Gasteiger partial charge in [-0.2, -0.15) is 0 Å². The first kappa shape index (κ1) is 15.9. The fourth-order valence-electron chi connectivity index (χ4n) is 2.92. The van der Waals surface area contributed by atoms with E-state index in [1.165, 1.54) is 5.56 Å². The number of nitrogens with one attached hydrogen (secondary N) is 1. The summed E-state index contributed by atoms with van der Waals surface area (Å²) in [5, 5.41) is 3.90. The molecule has 0 aliphatic carbocycles. The molecule has 6 heteroatoms. The number of anilines is 1. The number of rotatable bonds is 4. The molecular formula is C19H18N2O3S. The van der Waals surface area contributed by atoms with Gasteiger partial charge in [-0.1, -0.05) is 17.4 Å². The van der Waals surface area contributed by atoms with Gasteiger partial charge in [0, 0.05) is 5.56 Å². The molecule has 2 heterocycles. The van der Waals surface area contributed by atoms with Crippen molar-refractivity contribution in [2.45, 2.75) is 13.8 Å². The Morgan fingerprint density at radius 2 is 1.96 bits per heavy atom. The van der Waals surface area contributed by atoms with Gasteiger partial charge in [0.15, 0.2) is 22.4 Å². The van der Waals surface area contributed by atoms with E-state index in [0.29, 0.717) is 30.3 Å². The van der Waals surface area contributed by atoms with Crippen LogP contribution in [0.15, 0.2) is 30.3 Å². The monoisotopic (exact) mass is 354 g/mol. The van der Waals surface area contributed by atoms with Gasteiger partial charge in [0.25, 0.3) is 0 Å². The van der Waals surface area contributed by atoms with Gasteiger partial charge in [-0.25, -0.2) is 4.98 Å². The van der Waals surface area contributed by atoms with E-state index in [1.54, 1.807) is 29.5 Å². The Morgan fingerprint density at radius 1 is 1.16 bits per heavy atom. The molecule has 1 aliphatic heterocycles. The lowest BCUT2D eigenvalue weighted by molar-refractivity contribution is 0.100. The van der Waals surface area contributed by atoms with Crippen molar-refractivity contribution in [3.63, 3.8) is 0 Å². The summed E-state index contributed by atoms with van der Waals surface area (Å²) in [4.78, 5) is 17.1. The molecule has 1 N–H and O–H groups in total. The first-order valence-electron chi connectivity index (χ1n) is 8.15. The lowest BCUT2D eigenvalue weighted by Gasteiger charge is -2.18. The van der Waals surface area contributed by atoms with E-state index < -0.39 is 0 Å². The van der Waals surface area contributed by atoms with E-state index in [-0.39, 0.29) is 12.3 Å². The minimum Gasteiger partial charge on any atom is -0.486 e. The Bertz CT molecular complexity index is 965. The van der Waals surface area contributed by atoms with E-state index in [1.807, 2.05) is 0 Å². The molecule has 1 aliphatic rings. The van der Waals surface area contributed by atoms with Gasteiger partial charge in [0.05, 0.1) is 16.8 Å².